The topological polar surface area (TPSA) is 74.4 Å². The summed E-state index contributed by atoms with van der Waals surface area (Å²) in [5.41, 5.74) is 1.86. The van der Waals surface area contributed by atoms with Crippen LogP contribution in [0.4, 0.5) is 13.2 Å². The Labute approximate surface area is 156 Å². The van der Waals surface area contributed by atoms with Gasteiger partial charge in [-0.25, -0.2) is 4.98 Å². The minimum Gasteiger partial charge on any atom is -0.339 e. The van der Waals surface area contributed by atoms with Gasteiger partial charge >= 0.3 is 6.18 Å². The molecule has 2 N–H and O–H groups in total. The van der Waals surface area contributed by atoms with Crippen LogP contribution in [0.15, 0.2) is 59.5 Å². The molecule has 0 saturated carbocycles. The zero-order valence-corrected chi connectivity index (χ0v) is 14.3. The van der Waals surface area contributed by atoms with Gasteiger partial charge in [-0.3, -0.25) is 9.78 Å². The molecule has 28 heavy (non-hydrogen) atoms. The molecule has 0 spiro atoms. The molecule has 3 aromatic heterocycles. The number of H-pyrrole nitrogens is 2. The van der Waals surface area contributed by atoms with Crippen molar-refractivity contribution in [1.82, 2.24) is 19.9 Å². The third kappa shape index (κ3) is 3.57. The van der Waals surface area contributed by atoms with Crippen molar-refractivity contribution in [2.24, 2.45) is 0 Å². The number of alkyl halides is 3. The Morgan fingerprint density at radius 1 is 0.964 bits per heavy atom. The van der Waals surface area contributed by atoms with Gasteiger partial charge in [-0.15, -0.1) is 0 Å². The minimum absolute atomic E-state index is 0.0567. The van der Waals surface area contributed by atoms with Gasteiger partial charge < -0.3 is 9.97 Å². The number of nitrogens with zero attached hydrogens (tertiary/aromatic N) is 2. The summed E-state index contributed by atoms with van der Waals surface area (Å²) in [4.78, 5) is 24.3. The molecule has 140 valence electrons. The molecular weight excluding hydrogens is 369 g/mol. The Morgan fingerprint density at radius 2 is 1.75 bits per heavy atom. The summed E-state index contributed by atoms with van der Waals surface area (Å²) in [6.45, 7) is 0. The molecular formula is C20H13F3N4O. The molecule has 0 unspecified atom stereocenters. The molecule has 8 heteroatoms. The summed E-state index contributed by atoms with van der Waals surface area (Å²) >= 11 is 0. The molecule has 4 rings (SSSR count). The summed E-state index contributed by atoms with van der Waals surface area (Å²) < 4.78 is 38.5. The molecule has 3 heterocycles. The van der Waals surface area contributed by atoms with Crippen molar-refractivity contribution in [2.45, 2.75) is 6.18 Å². The molecule has 0 aliphatic rings. The number of aromatic amines is 2. The first kappa shape index (κ1) is 17.7. The molecule has 0 saturated heterocycles. The van der Waals surface area contributed by atoms with E-state index in [0.29, 0.717) is 17.0 Å². The Kier molecular flexibility index (Phi) is 4.31. The van der Waals surface area contributed by atoms with E-state index in [2.05, 4.69) is 15.0 Å². The monoisotopic (exact) mass is 382 g/mol. The zero-order valence-electron chi connectivity index (χ0n) is 14.3. The second-order valence-electron chi connectivity index (χ2n) is 6.07. The third-order valence-corrected chi connectivity index (χ3v) is 4.10. The first-order chi connectivity index (χ1) is 13.4. The van der Waals surface area contributed by atoms with Gasteiger partial charge in [-0.05, 0) is 29.8 Å². The van der Waals surface area contributed by atoms with Crippen LogP contribution < -0.4 is 5.56 Å². The first-order valence-corrected chi connectivity index (χ1v) is 8.30. The molecule has 0 aliphatic heterocycles. The maximum absolute atomic E-state index is 12.8. The minimum atomic E-state index is -4.73. The molecule has 5 nitrogen and oxygen atoms in total. The lowest BCUT2D eigenvalue weighted by atomic mass is 10.1. The van der Waals surface area contributed by atoms with E-state index in [1.165, 1.54) is 6.07 Å². The average Bonchev–Trinajstić information content (AvgIpc) is 3.12. The quantitative estimate of drug-likeness (QED) is 0.548. The smallest absolute Gasteiger partial charge is 0.339 e. The van der Waals surface area contributed by atoms with Crippen LogP contribution in [0.1, 0.15) is 17.1 Å². The number of hydrogen-bond donors (Lipinski definition) is 2. The van der Waals surface area contributed by atoms with Gasteiger partial charge in [0.2, 0.25) is 5.82 Å². The zero-order chi connectivity index (χ0) is 19.7. The predicted molar refractivity (Wildman–Crippen MR) is 100 cm³/mol. The Hall–Kier alpha value is -3.68. The fourth-order valence-electron chi connectivity index (χ4n) is 2.76. The maximum atomic E-state index is 12.8. The van der Waals surface area contributed by atoms with Crippen molar-refractivity contribution in [2.75, 3.05) is 0 Å². The van der Waals surface area contributed by atoms with Crippen LogP contribution in [-0.2, 0) is 6.18 Å². The van der Waals surface area contributed by atoms with Crippen LogP contribution >= 0.6 is 0 Å². The Balaban J connectivity index is 1.71. The van der Waals surface area contributed by atoms with E-state index in [-0.39, 0.29) is 11.0 Å². The summed E-state index contributed by atoms with van der Waals surface area (Å²) in [7, 11) is 0. The molecule has 0 amide bonds. The summed E-state index contributed by atoms with van der Waals surface area (Å²) in [5.74, 6) is -1.33. The van der Waals surface area contributed by atoms with Crippen LogP contribution in [0.25, 0.3) is 34.4 Å². The molecule has 4 aromatic rings. The number of aromatic nitrogens is 4. The molecule has 0 fully saturated rings. The molecule has 0 atom stereocenters. The Morgan fingerprint density at radius 3 is 2.50 bits per heavy atom. The number of fused-ring (bicyclic) bond motifs is 1. The van der Waals surface area contributed by atoms with Crippen molar-refractivity contribution in [1.29, 1.82) is 0 Å². The van der Waals surface area contributed by atoms with Crippen LogP contribution in [0.5, 0.6) is 0 Å². The van der Waals surface area contributed by atoms with Gasteiger partial charge in [-0.2, -0.15) is 13.2 Å². The second kappa shape index (κ2) is 6.80. The predicted octanol–water partition coefficient (Wildman–Crippen LogP) is 4.50. The van der Waals surface area contributed by atoms with Gasteiger partial charge in [0.1, 0.15) is 5.65 Å². The molecule has 0 radical (unpaired) electrons. The highest BCUT2D eigenvalue weighted by atomic mass is 19.4. The number of rotatable bonds is 3. The van der Waals surface area contributed by atoms with Gasteiger partial charge in [0.25, 0.3) is 5.56 Å². The van der Waals surface area contributed by atoms with Crippen molar-refractivity contribution in [3.05, 3.63) is 82.2 Å². The summed E-state index contributed by atoms with van der Waals surface area (Å²) in [5, 5.41) is 0.0567. The number of benzene rings is 1. The lowest BCUT2D eigenvalue weighted by molar-refractivity contribution is -0.144. The van der Waals surface area contributed by atoms with Crippen molar-refractivity contribution in [3.63, 3.8) is 0 Å². The first-order valence-electron chi connectivity index (χ1n) is 8.30. The average molecular weight is 382 g/mol. The van der Waals surface area contributed by atoms with Gasteiger partial charge in [0.05, 0.1) is 11.1 Å². The summed E-state index contributed by atoms with van der Waals surface area (Å²) in [6.07, 6.45) is 0.586. The molecule has 0 bridgehead atoms. The number of pyridine rings is 1. The van der Waals surface area contributed by atoms with E-state index in [0.717, 1.165) is 5.56 Å². The van der Waals surface area contributed by atoms with E-state index in [1.54, 1.807) is 23.3 Å². The number of hydrogen-bond acceptors (Lipinski definition) is 3. The van der Waals surface area contributed by atoms with Gasteiger partial charge in [-0.1, -0.05) is 36.4 Å². The molecule has 0 aliphatic carbocycles. The fraction of sp³-hybridized carbons (Fsp3) is 0.0500. The van der Waals surface area contributed by atoms with E-state index >= 15 is 0 Å². The van der Waals surface area contributed by atoms with Crippen LogP contribution in [0.3, 0.4) is 0 Å². The highest BCUT2D eigenvalue weighted by Gasteiger charge is 2.34. The number of nitrogens with one attached hydrogen (secondary N) is 2. The third-order valence-electron chi connectivity index (χ3n) is 4.10. The van der Waals surface area contributed by atoms with E-state index in [1.807, 2.05) is 42.5 Å². The van der Waals surface area contributed by atoms with E-state index < -0.39 is 17.6 Å². The largest absolute Gasteiger partial charge is 0.449 e. The van der Waals surface area contributed by atoms with Crippen molar-refractivity contribution < 1.29 is 13.2 Å². The second-order valence-corrected chi connectivity index (χ2v) is 6.07. The highest BCUT2D eigenvalue weighted by Crippen LogP contribution is 2.27. The normalized spacial score (nSPS) is 12.1. The Bertz CT molecular complexity index is 1220. The standard InChI is InChI=1S/C20H13F3N4O/c21-20(22,23)19-26-17-15(18(28)27-19)11-16(25-17)13-8-9-24-14(10-13)7-6-12-4-2-1-3-5-12/h1-11H,(H2,25,26,27,28)/b7-6+. The fourth-order valence-corrected chi connectivity index (χ4v) is 2.76. The molecule has 1 aromatic carbocycles. The summed E-state index contributed by atoms with van der Waals surface area (Å²) in [6, 6.07) is 14.6. The van der Waals surface area contributed by atoms with Crippen molar-refractivity contribution in [3.8, 4) is 11.3 Å². The van der Waals surface area contributed by atoms with Crippen LogP contribution in [0.2, 0.25) is 0 Å². The lowest BCUT2D eigenvalue weighted by Crippen LogP contribution is -2.18. The highest BCUT2D eigenvalue weighted by molar-refractivity contribution is 5.83. The SMILES string of the molecule is O=c1[nH]c(C(F)(F)F)nc2[nH]c(-c3ccnc(/C=C/c4ccccc4)c3)cc12. The lowest BCUT2D eigenvalue weighted by Gasteiger charge is -2.03. The van der Waals surface area contributed by atoms with Crippen LogP contribution in [-0.4, -0.2) is 19.9 Å². The number of halogens is 3. The van der Waals surface area contributed by atoms with Gasteiger partial charge in [0.15, 0.2) is 0 Å². The van der Waals surface area contributed by atoms with Gasteiger partial charge in [0, 0.05) is 17.5 Å². The van der Waals surface area contributed by atoms with E-state index in [4.69, 9.17) is 0 Å². The van der Waals surface area contributed by atoms with Crippen LogP contribution in [0, 0.1) is 0 Å². The van der Waals surface area contributed by atoms with E-state index in [9.17, 15) is 18.0 Å². The van der Waals surface area contributed by atoms with Crippen molar-refractivity contribution >= 4 is 23.2 Å². The maximum Gasteiger partial charge on any atom is 0.449 e.